The van der Waals surface area contributed by atoms with Gasteiger partial charge >= 0.3 is 19.8 Å². The van der Waals surface area contributed by atoms with Gasteiger partial charge in [-0.1, -0.05) is 0 Å². The van der Waals surface area contributed by atoms with Crippen molar-refractivity contribution in [3.05, 3.63) is 0 Å². The molecule has 0 atom stereocenters. The fraction of sp³-hybridized carbons (Fsp3) is 0. The minimum absolute atomic E-state index is 0. The molecule has 0 aliphatic rings. The molecule has 6 heavy (non-hydrogen) atoms. The summed E-state index contributed by atoms with van der Waals surface area (Å²) in [5.41, 5.74) is 0. The van der Waals surface area contributed by atoms with Crippen molar-refractivity contribution in [2.75, 3.05) is 0 Å². The van der Waals surface area contributed by atoms with Gasteiger partial charge in [0.2, 0.25) is 0 Å². The summed E-state index contributed by atoms with van der Waals surface area (Å²) in [4.78, 5) is 0. The van der Waals surface area contributed by atoms with E-state index in [0.29, 0.717) is 0 Å². The van der Waals surface area contributed by atoms with Crippen molar-refractivity contribution in [3.63, 3.8) is 0 Å². The Morgan fingerprint density at radius 3 is 1.17 bits per heavy atom. The second kappa shape index (κ2) is 65.0. The largest absolute Gasteiger partial charge is 0 e. The van der Waals surface area contributed by atoms with Crippen LogP contribution in [0.2, 0.25) is 0 Å². The first-order chi connectivity index (χ1) is 1.00. The van der Waals surface area contributed by atoms with Crippen LogP contribution in [0.25, 0.3) is 0 Å². The predicted octanol–water partition coefficient (Wildman–Crippen LogP) is -0.954. The Kier molecular flexibility index (Phi) is 479. The van der Waals surface area contributed by atoms with E-state index < -0.39 is 0 Å². The summed E-state index contributed by atoms with van der Waals surface area (Å²) in [5, 5.41) is 0. The molecule has 0 bridgehead atoms. The van der Waals surface area contributed by atoms with Crippen LogP contribution in [0.1, 0.15) is 0 Å². The van der Waals surface area contributed by atoms with E-state index in [4.69, 9.17) is 3.83 Å². The first-order valence-corrected chi connectivity index (χ1v) is 0.595. The molecule has 0 rings (SSSR count). The molecule has 0 amide bonds. The molecule has 0 saturated carbocycles. The molecule has 0 fully saturated rings. The molecule has 0 aliphatic carbocycles. The zero-order valence-electron chi connectivity index (χ0n) is 2.71. The van der Waals surface area contributed by atoms with Gasteiger partial charge in [-0.15, -0.1) is 0 Å². The molecule has 0 aromatic rings. The van der Waals surface area contributed by atoms with Gasteiger partial charge in [0.25, 0.3) is 0 Å². The number of rotatable bonds is 0. The van der Waals surface area contributed by atoms with Crippen LogP contribution in [0.5, 0.6) is 0 Å². The molecule has 0 heterocycles. The fourth-order valence-corrected chi connectivity index (χ4v) is 0. The summed E-state index contributed by atoms with van der Waals surface area (Å²) in [6.07, 6.45) is 0. The maximum Gasteiger partial charge on any atom is 0 e. The molecular weight excluding hydrogens is 264 g/mol. The van der Waals surface area contributed by atoms with Gasteiger partial charge in [-0.25, -0.2) is 0 Å². The molecule has 39 valence electrons. The predicted molar refractivity (Wildman–Crippen MR) is 4.30 cm³/mol. The van der Waals surface area contributed by atoms with Crippen LogP contribution in [0.3, 0.4) is 0 Å². The van der Waals surface area contributed by atoms with E-state index in [1.807, 2.05) is 15.9 Å². The molecule has 2 N–H and O–H groups in total. The minimum Gasteiger partial charge on any atom is 0 e. The van der Waals surface area contributed by atoms with E-state index in [9.17, 15) is 0 Å². The third-order valence-electron chi connectivity index (χ3n) is 0. The third-order valence-corrected chi connectivity index (χ3v) is 0. The second-order valence-electron chi connectivity index (χ2n) is 0. The van der Waals surface area contributed by atoms with Crippen LogP contribution in [0.15, 0.2) is 0 Å². The van der Waals surface area contributed by atoms with Crippen LogP contribution in [-0.4, -0.2) is 5.48 Å². The quantitative estimate of drug-likeness (QED) is 0.521. The fourth-order valence-electron chi connectivity index (χ4n) is 0. The van der Waals surface area contributed by atoms with Gasteiger partial charge in [-0.2, -0.15) is 0 Å². The van der Waals surface area contributed by atoms with Crippen LogP contribution < -0.4 is 0 Å². The summed E-state index contributed by atoms with van der Waals surface area (Å²) in [5.74, 6) is 0. The zero-order chi connectivity index (χ0) is 2.00. The van der Waals surface area contributed by atoms with Crippen molar-refractivity contribution in [1.29, 1.82) is 0 Å². The van der Waals surface area contributed by atoms with Crippen molar-refractivity contribution < 1.29 is 78.9 Å². The maximum absolute atomic E-state index is 8.00. The summed E-state index contributed by atoms with van der Waals surface area (Å²) >= 11 is 2.00. The SMILES string of the molecule is O.[Co].[Cr].[O]=[Fe].[Zn]. The first-order valence-electron chi connectivity index (χ1n) is 0.144. The molecule has 0 aromatic carbocycles. The number of hydrogen-bond donors (Lipinski definition) is 0. The average Bonchev–Trinajstić information content (AvgIpc) is 1.00. The van der Waals surface area contributed by atoms with Gasteiger partial charge in [-0.05, 0) is 0 Å². The van der Waals surface area contributed by atoms with Crippen LogP contribution in [0.4, 0.5) is 0 Å². The molecule has 2 nitrogen and oxygen atoms in total. The number of hydrogen-bond acceptors (Lipinski definition) is 1. The Hall–Kier alpha value is 1.94. The molecular formula is H2CoCrFeO2Zn. The Morgan fingerprint density at radius 1 is 1.17 bits per heavy atom. The topological polar surface area (TPSA) is 48.6 Å². The van der Waals surface area contributed by atoms with E-state index in [2.05, 4.69) is 0 Å². The second-order valence-corrected chi connectivity index (χ2v) is 0. The monoisotopic (exact) mass is 265 g/mol. The zero-order valence-corrected chi connectivity index (χ0v) is 9.10. The van der Waals surface area contributed by atoms with Crippen LogP contribution in [0, 0.1) is 0 Å². The summed E-state index contributed by atoms with van der Waals surface area (Å²) in [6.45, 7) is 0. The molecule has 6 heteroatoms. The van der Waals surface area contributed by atoms with E-state index in [1.165, 1.54) is 0 Å². The molecule has 0 aliphatic heterocycles. The van der Waals surface area contributed by atoms with Crippen molar-refractivity contribution in [1.82, 2.24) is 0 Å². The first kappa shape index (κ1) is 44.2. The normalized spacial score (nSPS) is 0.833. The van der Waals surface area contributed by atoms with Gasteiger partial charge in [0.05, 0.1) is 0 Å². The van der Waals surface area contributed by atoms with Gasteiger partial charge in [-0.3, -0.25) is 0 Å². The van der Waals surface area contributed by atoms with Crippen molar-refractivity contribution in [3.8, 4) is 0 Å². The average molecular weight is 266 g/mol. The van der Waals surface area contributed by atoms with Gasteiger partial charge in [0.1, 0.15) is 0 Å². The van der Waals surface area contributed by atoms with Gasteiger partial charge in [0, 0.05) is 53.6 Å². The molecule has 1 radical (unpaired) electrons. The van der Waals surface area contributed by atoms with E-state index >= 15 is 0 Å². The molecule has 0 aromatic heterocycles. The Morgan fingerprint density at radius 2 is 1.17 bits per heavy atom. The van der Waals surface area contributed by atoms with Gasteiger partial charge in [0.15, 0.2) is 0 Å². The summed E-state index contributed by atoms with van der Waals surface area (Å²) in [7, 11) is 0. The molecule has 0 spiro atoms. The van der Waals surface area contributed by atoms with E-state index in [0.717, 1.165) is 0 Å². The van der Waals surface area contributed by atoms with Crippen molar-refractivity contribution >= 4 is 0 Å². The Balaban J connectivity index is -0.000000000833. The maximum atomic E-state index is 8.00. The molecule has 0 unspecified atom stereocenters. The minimum atomic E-state index is 0. The third kappa shape index (κ3) is 38.5. The van der Waals surface area contributed by atoms with E-state index in [-0.39, 0.29) is 59.1 Å². The van der Waals surface area contributed by atoms with Crippen molar-refractivity contribution in [2.45, 2.75) is 0 Å². The van der Waals surface area contributed by atoms with Crippen LogP contribution in [-0.2, 0) is 73.4 Å². The summed E-state index contributed by atoms with van der Waals surface area (Å²) < 4.78 is 8.00. The van der Waals surface area contributed by atoms with Crippen molar-refractivity contribution in [2.24, 2.45) is 0 Å². The Bertz CT molecular complexity index is 13.5. The Labute approximate surface area is 78.2 Å². The smallest absolute Gasteiger partial charge is 0 e. The van der Waals surface area contributed by atoms with Gasteiger partial charge < -0.3 is 5.48 Å². The standard InChI is InChI=1S/Co.Cr.Fe.H2O.O.Zn/h;;;1H2;;. The van der Waals surface area contributed by atoms with E-state index in [1.54, 1.807) is 0 Å². The summed E-state index contributed by atoms with van der Waals surface area (Å²) in [6, 6.07) is 0. The molecule has 0 saturated heterocycles. The van der Waals surface area contributed by atoms with Crippen LogP contribution >= 0.6 is 0 Å².